The van der Waals surface area contributed by atoms with Crippen molar-refractivity contribution in [1.29, 1.82) is 0 Å². The van der Waals surface area contributed by atoms with Crippen LogP contribution in [0.4, 0.5) is 0 Å². The molecule has 4 rings (SSSR count). The van der Waals surface area contributed by atoms with Crippen molar-refractivity contribution in [3.05, 3.63) is 65.2 Å². The predicted molar refractivity (Wildman–Crippen MR) is 113 cm³/mol. The minimum absolute atomic E-state index is 0.0792. The normalized spacial score (nSPS) is 22.9. The molecule has 154 valence electrons. The second kappa shape index (κ2) is 7.92. The Labute approximate surface area is 173 Å². The number of amides is 1. The van der Waals surface area contributed by atoms with Gasteiger partial charge in [-0.05, 0) is 54.0 Å². The maximum absolute atomic E-state index is 13.3. The van der Waals surface area contributed by atoms with Crippen molar-refractivity contribution >= 4 is 15.9 Å². The van der Waals surface area contributed by atoms with Gasteiger partial charge in [0.05, 0.1) is 4.90 Å². The van der Waals surface area contributed by atoms with Crippen molar-refractivity contribution in [1.82, 2.24) is 9.21 Å². The number of hydrogen-bond acceptors (Lipinski definition) is 3. The minimum Gasteiger partial charge on any atom is -0.338 e. The Balaban J connectivity index is 1.57. The fourth-order valence-corrected chi connectivity index (χ4v) is 6.09. The number of hydrogen-bond donors (Lipinski definition) is 0. The Morgan fingerprint density at radius 2 is 1.66 bits per heavy atom. The summed E-state index contributed by atoms with van der Waals surface area (Å²) in [6.07, 6.45) is 1.83. The quantitative estimate of drug-likeness (QED) is 0.775. The van der Waals surface area contributed by atoms with Crippen LogP contribution in [0.2, 0.25) is 0 Å². The molecular formula is C23H28N2O3S. The van der Waals surface area contributed by atoms with Crippen molar-refractivity contribution in [3.8, 4) is 0 Å². The lowest BCUT2D eigenvalue weighted by atomic mass is 9.91. The van der Waals surface area contributed by atoms with Gasteiger partial charge in [-0.25, -0.2) is 8.42 Å². The molecule has 0 aromatic heterocycles. The standard InChI is InChI=1S/C23H28N2O3S/c1-17-12-18(2)15-24(14-17)23(26)20-8-5-9-22(13-20)29(27,28)25-11-10-19-6-3-4-7-21(19)16-25/h3-9,13,17-18H,10-12,14-16H2,1-2H3. The molecule has 1 saturated heterocycles. The highest BCUT2D eigenvalue weighted by atomic mass is 32.2. The van der Waals surface area contributed by atoms with Crippen LogP contribution < -0.4 is 0 Å². The molecule has 0 radical (unpaired) electrons. The summed E-state index contributed by atoms with van der Waals surface area (Å²) >= 11 is 0. The number of carbonyl (C=O) groups is 1. The average molecular weight is 413 g/mol. The number of rotatable bonds is 3. The molecular weight excluding hydrogens is 384 g/mol. The zero-order chi connectivity index (χ0) is 20.6. The summed E-state index contributed by atoms with van der Waals surface area (Å²) in [7, 11) is -3.65. The summed E-state index contributed by atoms with van der Waals surface area (Å²) in [6, 6.07) is 14.5. The van der Waals surface area contributed by atoms with Crippen molar-refractivity contribution < 1.29 is 13.2 Å². The molecule has 1 fully saturated rings. The van der Waals surface area contributed by atoms with E-state index in [-0.39, 0.29) is 10.8 Å². The van der Waals surface area contributed by atoms with E-state index < -0.39 is 10.0 Å². The molecule has 29 heavy (non-hydrogen) atoms. The van der Waals surface area contributed by atoms with E-state index in [2.05, 4.69) is 19.9 Å². The second-order valence-electron chi connectivity index (χ2n) is 8.54. The average Bonchev–Trinajstić information content (AvgIpc) is 2.72. The Bertz CT molecular complexity index is 1010. The van der Waals surface area contributed by atoms with E-state index in [4.69, 9.17) is 0 Å². The monoisotopic (exact) mass is 412 g/mol. The topological polar surface area (TPSA) is 57.7 Å². The van der Waals surface area contributed by atoms with Crippen LogP contribution in [0.25, 0.3) is 0 Å². The molecule has 2 heterocycles. The van der Waals surface area contributed by atoms with Gasteiger partial charge in [0.15, 0.2) is 0 Å². The van der Waals surface area contributed by atoms with Gasteiger partial charge in [0.1, 0.15) is 0 Å². The van der Waals surface area contributed by atoms with Crippen LogP contribution in [0, 0.1) is 11.8 Å². The molecule has 5 nitrogen and oxygen atoms in total. The van der Waals surface area contributed by atoms with E-state index in [0.29, 0.717) is 36.9 Å². The summed E-state index contributed by atoms with van der Waals surface area (Å²) in [4.78, 5) is 15.1. The molecule has 0 N–H and O–H groups in total. The van der Waals surface area contributed by atoms with Gasteiger partial charge in [-0.15, -0.1) is 0 Å². The van der Waals surface area contributed by atoms with Gasteiger partial charge in [0, 0.05) is 31.7 Å². The number of benzene rings is 2. The second-order valence-corrected chi connectivity index (χ2v) is 10.5. The van der Waals surface area contributed by atoms with Gasteiger partial charge in [0.25, 0.3) is 5.91 Å². The third-order valence-electron chi connectivity index (χ3n) is 5.97. The summed E-state index contributed by atoms with van der Waals surface area (Å²) in [5, 5.41) is 0. The first-order chi connectivity index (χ1) is 13.8. The van der Waals surface area contributed by atoms with Crippen molar-refractivity contribution in [2.45, 2.75) is 38.1 Å². The summed E-state index contributed by atoms with van der Waals surface area (Å²) in [5.74, 6) is 0.843. The van der Waals surface area contributed by atoms with E-state index >= 15 is 0 Å². The first kappa shape index (κ1) is 20.1. The van der Waals surface area contributed by atoms with E-state index in [1.54, 1.807) is 24.3 Å². The molecule has 0 spiro atoms. The highest BCUT2D eigenvalue weighted by Gasteiger charge is 2.30. The number of nitrogens with zero attached hydrogens (tertiary/aromatic N) is 2. The number of sulfonamides is 1. The van der Waals surface area contributed by atoms with Gasteiger partial charge < -0.3 is 4.90 Å². The summed E-state index contributed by atoms with van der Waals surface area (Å²) < 4.78 is 28.0. The summed E-state index contributed by atoms with van der Waals surface area (Å²) in [5.41, 5.74) is 2.70. The van der Waals surface area contributed by atoms with Crippen molar-refractivity contribution in [2.75, 3.05) is 19.6 Å². The molecule has 2 atom stereocenters. The third kappa shape index (κ3) is 4.09. The van der Waals surface area contributed by atoms with Gasteiger partial charge >= 0.3 is 0 Å². The zero-order valence-electron chi connectivity index (χ0n) is 17.0. The Hall–Kier alpha value is -2.18. The van der Waals surface area contributed by atoms with Crippen LogP contribution in [-0.4, -0.2) is 43.2 Å². The van der Waals surface area contributed by atoms with Gasteiger partial charge in [-0.2, -0.15) is 4.31 Å². The van der Waals surface area contributed by atoms with Crippen molar-refractivity contribution in [2.24, 2.45) is 11.8 Å². The number of piperidine rings is 1. The largest absolute Gasteiger partial charge is 0.338 e. The minimum atomic E-state index is -3.65. The molecule has 2 aromatic carbocycles. The lowest BCUT2D eigenvalue weighted by molar-refractivity contribution is 0.0623. The molecule has 0 aliphatic carbocycles. The molecule has 2 unspecified atom stereocenters. The number of fused-ring (bicyclic) bond motifs is 1. The predicted octanol–water partition coefficient (Wildman–Crippen LogP) is 3.55. The van der Waals surface area contributed by atoms with Gasteiger partial charge in [-0.1, -0.05) is 44.2 Å². The van der Waals surface area contributed by atoms with Crippen LogP contribution in [0.5, 0.6) is 0 Å². The Kier molecular flexibility index (Phi) is 5.49. The molecule has 2 aliphatic rings. The third-order valence-corrected chi connectivity index (χ3v) is 7.81. The maximum atomic E-state index is 13.3. The van der Waals surface area contributed by atoms with Crippen LogP contribution in [0.15, 0.2) is 53.4 Å². The Morgan fingerprint density at radius 1 is 0.966 bits per heavy atom. The van der Waals surface area contributed by atoms with E-state index in [1.807, 2.05) is 23.1 Å². The maximum Gasteiger partial charge on any atom is 0.253 e. The fourth-order valence-electron chi connectivity index (χ4n) is 4.62. The number of carbonyl (C=O) groups excluding carboxylic acids is 1. The van der Waals surface area contributed by atoms with Crippen LogP contribution in [0.3, 0.4) is 0 Å². The zero-order valence-corrected chi connectivity index (χ0v) is 17.9. The Morgan fingerprint density at radius 3 is 2.38 bits per heavy atom. The SMILES string of the molecule is CC1CC(C)CN(C(=O)c2cccc(S(=O)(=O)N3CCc4ccccc4C3)c2)C1. The first-order valence-electron chi connectivity index (χ1n) is 10.3. The van der Waals surface area contributed by atoms with Crippen molar-refractivity contribution in [3.63, 3.8) is 0 Å². The first-order valence-corrected chi connectivity index (χ1v) is 11.7. The van der Waals surface area contributed by atoms with E-state index in [9.17, 15) is 13.2 Å². The molecule has 1 amide bonds. The van der Waals surface area contributed by atoms with Gasteiger partial charge in [-0.3, -0.25) is 4.79 Å². The molecule has 0 bridgehead atoms. The van der Waals surface area contributed by atoms with Crippen LogP contribution in [0.1, 0.15) is 41.8 Å². The van der Waals surface area contributed by atoms with E-state index in [0.717, 1.165) is 25.1 Å². The molecule has 0 saturated carbocycles. The van der Waals surface area contributed by atoms with Crippen LogP contribution >= 0.6 is 0 Å². The van der Waals surface area contributed by atoms with E-state index in [1.165, 1.54) is 9.87 Å². The lowest BCUT2D eigenvalue weighted by Gasteiger charge is -2.35. The molecule has 2 aromatic rings. The highest BCUT2D eigenvalue weighted by Crippen LogP contribution is 2.27. The summed E-state index contributed by atoms with van der Waals surface area (Å²) in [6.45, 7) is 6.60. The lowest BCUT2D eigenvalue weighted by Crippen LogP contribution is -2.42. The smallest absolute Gasteiger partial charge is 0.253 e. The highest BCUT2D eigenvalue weighted by molar-refractivity contribution is 7.89. The fraction of sp³-hybridized carbons (Fsp3) is 0.435. The molecule has 6 heteroatoms. The number of likely N-dealkylation sites (tertiary alicyclic amines) is 1. The van der Waals surface area contributed by atoms with Crippen LogP contribution in [-0.2, 0) is 23.0 Å². The van der Waals surface area contributed by atoms with Gasteiger partial charge in [0.2, 0.25) is 10.0 Å². The molecule has 2 aliphatic heterocycles.